The SMILES string of the molecule is Cc1ccc(Nc2cc(C)c3nc(Nc4cc(CN5CCCC5)ccn4)sc3n2)cc1. The maximum absolute atomic E-state index is 4.78. The minimum absolute atomic E-state index is 0.809. The van der Waals surface area contributed by atoms with Crippen molar-refractivity contribution >= 4 is 44.1 Å². The Morgan fingerprint density at radius 3 is 2.55 bits per heavy atom. The number of thiazole rings is 1. The van der Waals surface area contributed by atoms with Crippen LogP contribution in [0.2, 0.25) is 0 Å². The molecule has 7 heteroatoms. The van der Waals surface area contributed by atoms with Gasteiger partial charge in [0.15, 0.2) is 5.13 Å². The molecule has 0 radical (unpaired) electrons. The Bertz CT molecular complexity index is 1190. The van der Waals surface area contributed by atoms with Crippen LogP contribution in [0.1, 0.15) is 29.5 Å². The van der Waals surface area contributed by atoms with E-state index < -0.39 is 0 Å². The van der Waals surface area contributed by atoms with Crippen molar-refractivity contribution < 1.29 is 0 Å². The third-order valence-electron chi connectivity index (χ3n) is 5.55. The third-order valence-corrected chi connectivity index (χ3v) is 6.41. The number of anilines is 4. The Balaban J connectivity index is 1.35. The minimum atomic E-state index is 0.809. The maximum Gasteiger partial charge on any atom is 0.190 e. The van der Waals surface area contributed by atoms with Crippen LogP contribution >= 0.6 is 11.3 Å². The summed E-state index contributed by atoms with van der Waals surface area (Å²) in [6.45, 7) is 7.51. The molecule has 4 aromatic rings. The molecule has 1 aliphatic heterocycles. The van der Waals surface area contributed by atoms with Crippen LogP contribution in [0.15, 0.2) is 48.7 Å². The summed E-state index contributed by atoms with van der Waals surface area (Å²) in [4.78, 5) is 17.4. The summed E-state index contributed by atoms with van der Waals surface area (Å²) in [5.74, 6) is 1.65. The number of hydrogen-bond acceptors (Lipinski definition) is 7. The van der Waals surface area contributed by atoms with Crippen LogP contribution in [0.5, 0.6) is 0 Å². The fraction of sp³-hybridized carbons (Fsp3) is 0.292. The van der Waals surface area contributed by atoms with Gasteiger partial charge in [0, 0.05) is 18.4 Å². The van der Waals surface area contributed by atoms with Crippen molar-refractivity contribution in [2.45, 2.75) is 33.2 Å². The first kappa shape index (κ1) is 19.9. The Labute approximate surface area is 186 Å². The summed E-state index contributed by atoms with van der Waals surface area (Å²) in [7, 11) is 0. The van der Waals surface area contributed by atoms with Crippen molar-refractivity contribution in [1.82, 2.24) is 19.9 Å². The van der Waals surface area contributed by atoms with Crippen molar-refractivity contribution in [2.75, 3.05) is 23.7 Å². The van der Waals surface area contributed by atoms with Gasteiger partial charge in [0.05, 0.1) is 0 Å². The van der Waals surface area contributed by atoms with Gasteiger partial charge in [-0.2, -0.15) is 0 Å². The van der Waals surface area contributed by atoms with Gasteiger partial charge in [0.1, 0.15) is 22.0 Å². The number of likely N-dealkylation sites (tertiary alicyclic amines) is 1. The fourth-order valence-corrected chi connectivity index (χ4v) is 4.83. The Kier molecular flexibility index (Phi) is 5.53. The number of hydrogen-bond donors (Lipinski definition) is 2. The van der Waals surface area contributed by atoms with Crippen molar-refractivity contribution in [3.63, 3.8) is 0 Å². The lowest BCUT2D eigenvalue weighted by Gasteiger charge is -2.14. The molecule has 1 aromatic carbocycles. The molecular weight excluding hydrogens is 404 g/mol. The Morgan fingerprint density at radius 1 is 0.935 bits per heavy atom. The van der Waals surface area contributed by atoms with Gasteiger partial charge >= 0.3 is 0 Å². The van der Waals surface area contributed by atoms with E-state index in [-0.39, 0.29) is 0 Å². The van der Waals surface area contributed by atoms with Crippen molar-refractivity contribution in [1.29, 1.82) is 0 Å². The van der Waals surface area contributed by atoms with Crippen LogP contribution in [-0.4, -0.2) is 32.9 Å². The first-order chi connectivity index (χ1) is 15.1. The van der Waals surface area contributed by atoms with Crippen LogP contribution in [0.4, 0.5) is 22.5 Å². The average Bonchev–Trinajstić information content (AvgIpc) is 3.40. The molecule has 1 saturated heterocycles. The lowest BCUT2D eigenvalue weighted by molar-refractivity contribution is 0.331. The first-order valence-corrected chi connectivity index (χ1v) is 11.5. The fourth-order valence-electron chi connectivity index (χ4n) is 3.91. The highest BCUT2D eigenvalue weighted by Gasteiger charge is 2.13. The number of rotatable bonds is 6. The second-order valence-electron chi connectivity index (χ2n) is 8.15. The number of aromatic nitrogens is 3. The van der Waals surface area contributed by atoms with Gasteiger partial charge < -0.3 is 10.6 Å². The van der Waals surface area contributed by atoms with E-state index in [9.17, 15) is 0 Å². The summed E-state index contributed by atoms with van der Waals surface area (Å²) in [6, 6.07) is 14.6. The number of nitrogens with zero attached hydrogens (tertiary/aromatic N) is 4. The Morgan fingerprint density at radius 2 is 1.74 bits per heavy atom. The number of fused-ring (bicyclic) bond motifs is 1. The molecule has 0 unspecified atom stereocenters. The molecule has 1 fully saturated rings. The predicted octanol–water partition coefficient (Wildman–Crippen LogP) is 5.79. The maximum atomic E-state index is 4.78. The van der Waals surface area contributed by atoms with E-state index in [1.54, 1.807) is 11.3 Å². The van der Waals surface area contributed by atoms with Crippen LogP contribution in [-0.2, 0) is 6.54 Å². The highest BCUT2D eigenvalue weighted by molar-refractivity contribution is 7.21. The lowest BCUT2D eigenvalue weighted by atomic mass is 10.2. The molecule has 5 rings (SSSR count). The minimum Gasteiger partial charge on any atom is -0.340 e. The topological polar surface area (TPSA) is 66.0 Å². The second kappa shape index (κ2) is 8.61. The molecule has 6 nitrogen and oxygen atoms in total. The van der Waals surface area contributed by atoms with Crippen molar-refractivity contribution in [3.8, 4) is 0 Å². The zero-order chi connectivity index (χ0) is 21.2. The quantitative estimate of drug-likeness (QED) is 0.404. The van der Waals surface area contributed by atoms with Gasteiger partial charge in [-0.05, 0) is 81.2 Å². The van der Waals surface area contributed by atoms with E-state index in [1.807, 2.05) is 12.3 Å². The van der Waals surface area contributed by atoms with E-state index in [0.29, 0.717) is 0 Å². The molecule has 2 N–H and O–H groups in total. The highest BCUT2D eigenvalue weighted by Crippen LogP contribution is 2.31. The number of pyridine rings is 2. The summed E-state index contributed by atoms with van der Waals surface area (Å²) in [6.07, 6.45) is 4.47. The molecule has 4 heterocycles. The lowest BCUT2D eigenvalue weighted by Crippen LogP contribution is -2.18. The van der Waals surface area contributed by atoms with E-state index in [4.69, 9.17) is 9.97 Å². The van der Waals surface area contributed by atoms with Crippen molar-refractivity contribution in [2.24, 2.45) is 0 Å². The molecule has 1 aliphatic rings. The zero-order valence-electron chi connectivity index (χ0n) is 17.9. The molecule has 0 saturated carbocycles. The Hall–Kier alpha value is -3.03. The van der Waals surface area contributed by atoms with E-state index in [0.717, 1.165) is 44.9 Å². The third kappa shape index (κ3) is 4.68. The predicted molar refractivity (Wildman–Crippen MR) is 129 cm³/mol. The molecule has 31 heavy (non-hydrogen) atoms. The van der Waals surface area contributed by atoms with Gasteiger partial charge in [0.25, 0.3) is 0 Å². The number of benzene rings is 1. The summed E-state index contributed by atoms with van der Waals surface area (Å²) < 4.78 is 0. The normalized spacial score (nSPS) is 14.3. The smallest absolute Gasteiger partial charge is 0.190 e. The molecule has 0 amide bonds. The van der Waals surface area contributed by atoms with Gasteiger partial charge in [-0.15, -0.1) is 0 Å². The molecule has 3 aromatic heterocycles. The molecule has 158 valence electrons. The second-order valence-corrected chi connectivity index (χ2v) is 9.12. The van der Waals surface area contributed by atoms with E-state index >= 15 is 0 Å². The standard InChI is InChI=1S/C24H26N6S/c1-16-5-7-19(8-6-16)26-21-13-17(2)22-23(27-21)31-24(29-22)28-20-14-18(9-10-25-20)15-30-11-3-4-12-30/h5-10,13-14H,3-4,11-12,15H2,1-2H3,(H,26,27)(H,25,28,29). The van der Waals surface area contributed by atoms with Crippen molar-refractivity contribution in [3.05, 3.63) is 65.4 Å². The van der Waals surface area contributed by atoms with Gasteiger partial charge in [-0.25, -0.2) is 15.0 Å². The summed E-state index contributed by atoms with van der Waals surface area (Å²) in [5, 5.41) is 7.58. The van der Waals surface area contributed by atoms with Gasteiger partial charge in [-0.3, -0.25) is 4.90 Å². The molecule has 0 aliphatic carbocycles. The molecule has 0 spiro atoms. The number of nitrogens with one attached hydrogen (secondary N) is 2. The largest absolute Gasteiger partial charge is 0.340 e. The number of aryl methyl sites for hydroxylation is 2. The van der Waals surface area contributed by atoms with Gasteiger partial charge in [-0.1, -0.05) is 29.0 Å². The van der Waals surface area contributed by atoms with Crippen LogP contribution < -0.4 is 10.6 Å². The molecular formula is C24H26N6S. The van der Waals surface area contributed by atoms with E-state index in [2.05, 4.69) is 70.8 Å². The van der Waals surface area contributed by atoms with Crippen LogP contribution in [0.3, 0.4) is 0 Å². The van der Waals surface area contributed by atoms with Gasteiger partial charge in [0.2, 0.25) is 0 Å². The highest BCUT2D eigenvalue weighted by atomic mass is 32.1. The summed E-state index contributed by atoms with van der Waals surface area (Å²) >= 11 is 1.55. The monoisotopic (exact) mass is 430 g/mol. The molecule has 0 bridgehead atoms. The first-order valence-electron chi connectivity index (χ1n) is 10.7. The average molecular weight is 431 g/mol. The summed E-state index contributed by atoms with van der Waals surface area (Å²) in [5.41, 5.74) is 5.56. The van der Waals surface area contributed by atoms with E-state index in [1.165, 1.54) is 37.1 Å². The van der Waals surface area contributed by atoms with Crippen LogP contribution in [0, 0.1) is 13.8 Å². The van der Waals surface area contributed by atoms with Crippen LogP contribution in [0.25, 0.3) is 10.3 Å². The molecule has 0 atom stereocenters. The zero-order valence-corrected chi connectivity index (χ0v) is 18.7.